The quantitative estimate of drug-likeness (QED) is 0.716. The minimum absolute atomic E-state index is 0.292. The first-order chi connectivity index (χ1) is 11.6. The summed E-state index contributed by atoms with van der Waals surface area (Å²) < 4.78 is 9.86. The van der Waals surface area contributed by atoms with Gasteiger partial charge in [-0.25, -0.2) is 14.3 Å². The molecule has 0 saturated heterocycles. The van der Waals surface area contributed by atoms with Crippen molar-refractivity contribution in [1.29, 1.82) is 0 Å². The number of fused-ring (bicyclic) bond motifs is 1. The van der Waals surface area contributed by atoms with Gasteiger partial charge in [0.05, 0.1) is 19.1 Å². The van der Waals surface area contributed by atoms with E-state index in [1.54, 1.807) is 37.1 Å². The Morgan fingerprint density at radius 3 is 2.58 bits per heavy atom. The van der Waals surface area contributed by atoms with Gasteiger partial charge in [-0.05, 0) is 25.5 Å². The summed E-state index contributed by atoms with van der Waals surface area (Å²) in [6, 6.07) is 7.21. The normalized spacial score (nSPS) is 11.1. The Hall–Kier alpha value is -2.83. The summed E-state index contributed by atoms with van der Waals surface area (Å²) in [4.78, 5) is 30.0. The highest BCUT2D eigenvalue weighted by molar-refractivity contribution is 5.73. The van der Waals surface area contributed by atoms with Gasteiger partial charge >= 0.3 is 5.69 Å². The SMILES string of the molecule is CCCn1cnc2c1c(=O)n(CC)c(=O)n2-c1ccccc1OC. The summed E-state index contributed by atoms with van der Waals surface area (Å²) in [7, 11) is 1.55. The maximum Gasteiger partial charge on any atom is 0.337 e. The first kappa shape index (κ1) is 16.0. The van der Waals surface area contributed by atoms with E-state index >= 15 is 0 Å². The van der Waals surface area contributed by atoms with E-state index in [0.29, 0.717) is 35.7 Å². The summed E-state index contributed by atoms with van der Waals surface area (Å²) in [6.45, 7) is 4.77. The van der Waals surface area contributed by atoms with Crippen molar-refractivity contribution in [2.24, 2.45) is 0 Å². The molecule has 0 aliphatic carbocycles. The van der Waals surface area contributed by atoms with Crippen molar-refractivity contribution < 1.29 is 4.74 Å². The van der Waals surface area contributed by atoms with Crippen LogP contribution in [0.1, 0.15) is 20.3 Å². The van der Waals surface area contributed by atoms with Crippen molar-refractivity contribution >= 4 is 11.2 Å². The number of para-hydroxylation sites is 2. The number of rotatable bonds is 5. The molecule has 2 aromatic heterocycles. The molecule has 7 heteroatoms. The zero-order valence-corrected chi connectivity index (χ0v) is 14.0. The third kappa shape index (κ3) is 2.33. The Balaban J connectivity index is 2.48. The molecule has 0 amide bonds. The number of aromatic nitrogens is 4. The van der Waals surface area contributed by atoms with Gasteiger partial charge in [-0.15, -0.1) is 0 Å². The average Bonchev–Trinajstić information content (AvgIpc) is 3.00. The van der Waals surface area contributed by atoms with E-state index in [2.05, 4.69) is 4.98 Å². The third-order valence-electron chi connectivity index (χ3n) is 4.01. The Labute approximate surface area is 138 Å². The van der Waals surface area contributed by atoms with Crippen molar-refractivity contribution in [1.82, 2.24) is 18.7 Å². The summed E-state index contributed by atoms with van der Waals surface area (Å²) in [5, 5.41) is 0. The summed E-state index contributed by atoms with van der Waals surface area (Å²) in [5.41, 5.74) is 0.631. The number of aryl methyl sites for hydroxylation is 1. The Bertz CT molecular complexity index is 997. The molecule has 7 nitrogen and oxygen atoms in total. The lowest BCUT2D eigenvalue weighted by atomic mass is 10.3. The minimum atomic E-state index is -0.416. The first-order valence-electron chi connectivity index (χ1n) is 7.98. The molecule has 0 spiro atoms. The molecule has 0 aliphatic heterocycles. The van der Waals surface area contributed by atoms with E-state index in [4.69, 9.17) is 4.74 Å². The summed E-state index contributed by atoms with van der Waals surface area (Å²) in [6.07, 6.45) is 2.48. The second-order valence-electron chi connectivity index (χ2n) is 5.45. The first-order valence-corrected chi connectivity index (χ1v) is 7.98. The van der Waals surface area contributed by atoms with Crippen LogP contribution in [0.3, 0.4) is 0 Å². The van der Waals surface area contributed by atoms with Crippen molar-refractivity contribution in [2.45, 2.75) is 33.4 Å². The van der Waals surface area contributed by atoms with Crippen LogP contribution in [-0.4, -0.2) is 25.8 Å². The van der Waals surface area contributed by atoms with E-state index in [1.807, 2.05) is 19.1 Å². The molecule has 2 heterocycles. The molecular weight excluding hydrogens is 308 g/mol. The monoisotopic (exact) mass is 328 g/mol. The molecule has 0 N–H and O–H groups in total. The number of nitrogens with zero attached hydrogens (tertiary/aromatic N) is 4. The van der Waals surface area contributed by atoms with Crippen LogP contribution in [0.4, 0.5) is 0 Å². The predicted octanol–water partition coefficient (Wildman–Crippen LogP) is 1.79. The van der Waals surface area contributed by atoms with Gasteiger partial charge in [0, 0.05) is 13.1 Å². The molecular formula is C17H20N4O3. The summed E-state index contributed by atoms with van der Waals surface area (Å²) in [5.74, 6) is 0.548. The van der Waals surface area contributed by atoms with E-state index in [0.717, 1.165) is 6.42 Å². The highest BCUT2D eigenvalue weighted by Crippen LogP contribution is 2.23. The van der Waals surface area contributed by atoms with Gasteiger partial charge in [-0.3, -0.25) is 9.36 Å². The number of ether oxygens (including phenoxy) is 1. The average molecular weight is 328 g/mol. The van der Waals surface area contributed by atoms with Crippen molar-refractivity contribution in [3.63, 3.8) is 0 Å². The zero-order valence-electron chi connectivity index (χ0n) is 14.0. The van der Waals surface area contributed by atoms with Crippen molar-refractivity contribution in [2.75, 3.05) is 7.11 Å². The molecule has 24 heavy (non-hydrogen) atoms. The van der Waals surface area contributed by atoms with Crippen LogP contribution in [0, 0.1) is 0 Å². The number of hydrogen-bond acceptors (Lipinski definition) is 4. The van der Waals surface area contributed by atoms with Crippen LogP contribution in [0.5, 0.6) is 5.75 Å². The van der Waals surface area contributed by atoms with Gasteiger partial charge < -0.3 is 9.30 Å². The molecule has 3 rings (SSSR count). The van der Waals surface area contributed by atoms with Crippen LogP contribution >= 0.6 is 0 Å². The Kier molecular flexibility index (Phi) is 4.24. The molecule has 0 saturated carbocycles. The molecule has 0 fully saturated rings. The smallest absolute Gasteiger partial charge is 0.337 e. The zero-order chi connectivity index (χ0) is 17.3. The van der Waals surface area contributed by atoms with Crippen LogP contribution < -0.4 is 16.0 Å². The van der Waals surface area contributed by atoms with Gasteiger partial charge in [-0.1, -0.05) is 19.1 Å². The fourth-order valence-corrected chi connectivity index (χ4v) is 2.90. The van der Waals surface area contributed by atoms with Gasteiger partial charge in [0.25, 0.3) is 5.56 Å². The number of hydrogen-bond donors (Lipinski definition) is 0. The van der Waals surface area contributed by atoms with Crippen molar-refractivity contribution in [3.05, 3.63) is 51.4 Å². The fourth-order valence-electron chi connectivity index (χ4n) is 2.90. The van der Waals surface area contributed by atoms with E-state index in [-0.39, 0.29) is 5.56 Å². The second kappa shape index (κ2) is 6.35. The van der Waals surface area contributed by atoms with Crippen LogP contribution in [0.25, 0.3) is 16.9 Å². The Morgan fingerprint density at radius 1 is 1.17 bits per heavy atom. The third-order valence-corrected chi connectivity index (χ3v) is 4.01. The van der Waals surface area contributed by atoms with E-state index in [1.165, 1.54) is 9.13 Å². The van der Waals surface area contributed by atoms with Crippen LogP contribution in [0.2, 0.25) is 0 Å². The van der Waals surface area contributed by atoms with Crippen LogP contribution in [0.15, 0.2) is 40.2 Å². The van der Waals surface area contributed by atoms with Gasteiger partial charge in [0.2, 0.25) is 0 Å². The highest BCUT2D eigenvalue weighted by Gasteiger charge is 2.19. The standard InChI is InChI=1S/C17H20N4O3/c1-4-10-19-11-18-15-14(19)16(22)20(5-2)17(23)21(15)12-8-6-7-9-13(12)24-3/h6-9,11H,4-5,10H2,1-3H3. The number of benzene rings is 1. The molecule has 126 valence electrons. The molecule has 0 aliphatic rings. The highest BCUT2D eigenvalue weighted by atomic mass is 16.5. The largest absolute Gasteiger partial charge is 0.495 e. The van der Waals surface area contributed by atoms with Gasteiger partial charge in [0.15, 0.2) is 11.2 Å². The lowest BCUT2D eigenvalue weighted by Crippen LogP contribution is -2.39. The lowest BCUT2D eigenvalue weighted by molar-refractivity contribution is 0.412. The van der Waals surface area contributed by atoms with Crippen LogP contribution in [-0.2, 0) is 13.1 Å². The minimum Gasteiger partial charge on any atom is -0.495 e. The molecule has 1 aromatic carbocycles. The molecule has 0 bridgehead atoms. The Morgan fingerprint density at radius 2 is 1.92 bits per heavy atom. The van der Waals surface area contributed by atoms with E-state index < -0.39 is 5.69 Å². The maximum atomic E-state index is 12.9. The van der Waals surface area contributed by atoms with Crippen molar-refractivity contribution in [3.8, 4) is 11.4 Å². The summed E-state index contributed by atoms with van der Waals surface area (Å²) >= 11 is 0. The second-order valence-corrected chi connectivity index (χ2v) is 5.45. The predicted molar refractivity (Wildman–Crippen MR) is 92.1 cm³/mol. The van der Waals surface area contributed by atoms with Gasteiger partial charge in [0.1, 0.15) is 5.75 Å². The topological polar surface area (TPSA) is 71.0 Å². The fraction of sp³-hybridized carbons (Fsp3) is 0.353. The molecule has 0 atom stereocenters. The molecule has 3 aromatic rings. The number of imidazole rings is 1. The number of methoxy groups -OCH3 is 1. The molecule has 0 unspecified atom stereocenters. The van der Waals surface area contributed by atoms with Gasteiger partial charge in [-0.2, -0.15) is 0 Å². The molecule has 0 radical (unpaired) electrons. The maximum absolute atomic E-state index is 12.9. The lowest BCUT2D eigenvalue weighted by Gasteiger charge is -2.14. The van der Waals surface area contributed by atoms with E-state index in [9.17, 15) is 9.59 Å².